The Kier molecular flexibility index (Phi) is 5.84. The lowest BCUT2D eigenvalue weighted by Gasteiger charge is -2.29. The molecule has 0 saturated carbocycles. The lowest BCUT2D eigenvalue weighted by atomic mass is 10.2. The Morgan fingerprint density at radius 2 is 1.79 bits per heavy atom. The third kappa shape index (κ3) is 4.65. The van der Waals surface area contributed by atoms with Crippen LogP contribution in [0.15, 0.2) is 0 Å². The standard InChI is InChI=1S/C8H16NO4P/c1-6(2)9(7(3)4)8(10)5-13-14(11)12/h6-7H,5H2,1-4H3/p+1. The largest absolute Gasteiger partial charge is 0.695 e. The van der Waals surface area contributed by atoms with Crippen LogP contribution in [0, 0.1) is 0 Å². The zero-order valence-electron chi connectivity index (χ0n) is 8.93. The van der Waals surface area contributed by atoms with Crippen molar-refractivity contribution in [1.82, 2.24) is 4.90 Å². The average Bonchev–Trinajstić information content (AvgIpc) is 1.99. The van der Waals surface area contributed by atoms with E-state index in [0.29, 0.717) is 0 Å². The van der Waals surface area contributed by atoms with E-state index in [9.17, 15) is 9.36 Å². The summed E-state index contributed by atoms with van der Waals surface area (Å²) >= 11 is 0. The van der Waals surface area contributed by atoms with E-state index >= 15 is 0 Å². The van der Waals surface area contributed by atoms with Gasteiger partial charge in [-0.2, -0.15) is 0 Å². The van der Waals surface area contributed by atoms with Crippen LogP contribution in [0.1, 0.15) is 27.7 Å². The van der Waals surface area contributed by atoms with Gasteiger partial charge in [-0.3, -0.25) is 4.79 Å². The summed E-state index contributed by atoms with van der Waals surface area (Å²) in [5.74, 6) is -0.271. The first-order chi connectivity index (χ1) is 6.36. The van der Waals surface area contributed by atoms with Gasteiger partial charge in [-0.25, -0.2) is 0 Å². The van der Waals surface area contributed by atoms with Crippen molar-refractivity contribution < 1.29 is 18.8 Å². The lowest BCUT2D eigenvalue weighted by molar-refractivity contribution is -0.137. The molecule has 0 heterocycles. The maximum atomic E-state index is 11.5. The van der Waals surface area contributed by atoms with Gasteiger partial charge in [0.15, 0.2) is 6.61 Å². The summed E-state index contributed by atoms with van der Waals surface area (Å²) in [6, 6.07) is 0.116. The maximum Gasteiger partial charge on any atom is 0.695 e. The Bertz CT molecular complexity index is 209. The quantitative estimate of drug-likeness (QED) is 0.712. The molecule has 0 aliphatic heterocycles. The predicted octanol–water partition coefficient (Wildman–Crippen LogP) is 1.30. The van der Waals surface area contributed by atoms with E-state index in [1.54, 1.807) is 4.90 Å². The smallest absolute Gasteiger partial charge is 0.336 e. The highest BCUT2D eigenvalue weighted by Crippen LogP contribution is 2.15. The van der Waals surface area contributed by atoms with Crippen molar-refractivity contribution in [3.05, 3.63) is 0 Å². The molecule has 82 valence electrons. The van der Waals surface area contributed by atoms with E-state index in [4.69, 9.17) is 4.89 Å². The van der Waals surface area contributed by atoms with E-state index in [0.717, 1.165) is 0 Å². The minimum absolute atomic E-state index is 0.0580. The predicted molar refractivity (Wildman–Crippen MR) is 52.9 cm³/mol. The van der Waals surface area contributed by atoms with Gasteiger partial charge in [-0.05, 0) is 27.7 Å². The minimum atomic E-state index is -2.69. The summed E-state index contributed by atoms with van der Waals surface area (Å²) < 4.78 is 14.6. The van der Waals surface area contributed by atoms with Crippen molar-refractivity contribution in [1.29, 1.82) is 0 Å². The van der Waals surface area contributed by atoms with E-state index in [2.05, 4.69) is 4.52 Å². The summed E-state index contributed by atoms with van der Waals surface area (Å²) in [6.45, 7) is 7.20. The zero-order valence-corrected chi connectivity index (χ0v) is 9.82. The Morgan fingerprint density at radius 3 is 2.07 bits per heavy atom. The Hall–Kier alpha value is -0.510. The third-order valence-electron chi connectivity index (χ3n) is 1.70. The Balaban J connectivity index is 4.23. The molecule has 1 unspecified atom stereocenters. The summed E-state index contributed by atoms with van der Waals surface area (Å²) in [6.07, 6.45) is 0. The van der Waals surface area contributed by atoms with E-state index in [-0.39, 0.29) is 24.6 Å². The number of carbonyl (C=O) groups excluding carboxylic acids is 1. The molecular weight excluding hydrogens is 205 g/mol. The molecular formula is C8H17NO4P+. The molecule has 0 aliphatic carbocycles. The molecule has 1 atom stereocenters. The SMILES string of the molecule is CC(C)N(C(=O)CO[P+](=O)O)C(C)C. The van der Waals surface area contributed by atoms with Crippen molar-refractivity contribution in [2.24, 2.45) is 0 Å². The number of hydrogen-bond donors (Lipinski definition) is 1. The molecule has 0 radical (unpaired) electrons. The second kappa shape index (κ2) is 6.06. The van der Waals surface area contributed by atoms with Gasteiger partial charge >= 0.3 is 8.25 Å². The van der Waals surface area contributed by atoms with Gasteiger partial charge < -0.3 is 4.90 Å². The molecule has 0 spiro atoms. The van der Waals surface area contributed by atoms with Crippen molar-refractivity contribution >= 4 is 14.2 Å². The van der Waals surface area contributed by atoms with E-state index < -0.39 is 8.25 Å². The van der Waals surface area contributed by atoms with Crippen LogP contribution in [-0.4, -0.2) is 34.4 Å². The van der Waals surface area contributed by atoms with Crippen molar-refractivity contribution in [3.63, 3.8) is 0 Å². The molecule has 0 bridgehead atoms. The number of hydrogen-bond acceptors (Lipinski definition) is 3. The fourth-order valence-electron chi connectivity index (χ4n) is 1.36. The highest BCUT2D eigenvalue weighted by molar-refractivity contribution is 7.32. The highest BCUT2D eigenvalue weighted by atomic mass is 31.1. The topological polar surface area (TPSA) is 66.8 Å². The van der Waals surface area contributed by atoms with E-state index in [1.807, 2.05) is 27.7 Å². The molecule has 6 heteroatoms. The highest BCUT2D eigenvalue weighted by Gasteiger charge is 2.24. The van der Waals surface area contributed by atoms with Crippen LogP contribution in [-0.2, 0) is 13.9 Å². The molecule has 0 aromatic rings. The Labute approximate surface area is 85.0 Å². The molecule has 0 aromatic heterocycles. The summed E-state index contributed by atoms with van der Waals surface area (Å²) in [5, 5.41) is 0. The van der Waals surface area contributed by atoms with Crippen LogP contribution in [0.3, 0.4) is 0 Å². The fourth-order valence-corrected chi connectivity index (χ4v) is 1.58. The summed E-state index contributed by atoms with van der Waals surface area (Å²) in [7, 11) is -2.69. The minimum Gasteiger partial charge on any atom is -0.336 e. The second-order valence-corrected chi connectivity index (χ2v) is 4.23. The van der Waals surface area contributed by atoms with Crippen LogP contribution in [0.4, 0.5) is 0 Å². The third-order valence-corrected chi connectivity index (χ3v) is 2.05. The fraction of sp³-hybridized carbons (Fsp3) is 0.875. The van der Waals surface area contributed by atoms with Crippen molar-refractivity contribution in [2.75, 3.05) is 6.61 Å². The number of carbonyl (C=O) groups is 1. The monoisotopic (exact) mass is 222 g/mol. The summed E-state index contributed by atoms with van der Waals surface area (Å²) in [4.78, 5) is 21.5. The number of nitrogens with zero attached hydrogens (tertiary/aromatic N) is 1. The van der Waals surface area contributed by atoms with Crippen LogP contribution in [0.5, 0.6) is 0 Å². The average molecular weight is 222 g/mol. The van der Waals surface area contributed by atoms with Gasteiger partial charge in [0.1, 0.15) is 0 Å². The second-order valence-electron chi connectivity index (χ2n) is 3.50. The van der Waals surface area contributed by atoms with Crippen LogP contribution < -0.4 is 0 Å². The van der Waals surface area contributed by atoms with Gasteiger partial charge in [0.2, 0.25) is 0 Å². The van der Waals surface area contributed by atoms with E-state index in [1.165, 1.54) is 0 Å². The van der Waals surface area contributed by atoms with Crippen LogP contribution in [0.2, 0.25) is 0 Å². The first-order valence-electron chi connectivity index (χ1n) is 4.46. The molecule has 0 aromatic carbocycles. The molecule has 14 heavy (non-hydrogen) atoms. The van der Waals surface area contributed by atoms with Gasteiger partial charge in [0.05, 0.1) is 0 Å². The van der Waals surface area contributed by atoms with Gasteiger partial charge in [-0.15, -0.1) is 9.42 Å². The molecule has 0 aliphatic rings. The van der Waals surface area contributed by atoms with Crippen LogP contribution in [0.25, 0.3) is 0 Å². The van der Waals surface area contributed by atoms with Crippen molar-refractivity contribution in [3.8, 4) is 0 Å². The zero-order chi connectivity index (χ0) is 11.3. The maximum absolute atomic E-state index is 11.5. The van der Waals surface area contributed by atoms with Crippen LogP contribution >= 0.6 is 8.25 Å². The first-order valence-corrected chi connectivity index (χ1v) is 5.59. The molecule has 1 amide bonds. The Morgan fingerprint density at radius 1 is 1.36 bits per heavy atom. The number of rotatable bonds is 5. The molecule has 5 nitrogen and oxygen atoms in total. The number of amides is 1. The lowest BCUT2D eigenvalue weighted by Crippen LogP contribution is -2.43. The van der Waals surface area contributed by atoms with Crippen molar-refractivity contribution in [2.45, 2.75) is 39.8 Å². The van der Waals surface area contributed by atoms with Gasteiger partial charge in [0, 0.05) is 16.6 Å². The molecule has 0 rings (SSSR count). The first kappa shape index (κ1) is 13.5. The summed E-state index contributed by atoms with van der Waals surface area (Å²) in [5.41, 5.74) is 0. The van der Waals surface area contributed by atoms with Gasteiger partial charge in [-0.1, -0.05) is 0 Å². The normalized spacial score (nSPS) is 12.1. The molecule has 1 N–H and O–H groups in total. The van der Waals surface area contributed by atoms with Gasteiger partial charge in [0.25, 0.3) is 5.91 Å². The molecule has 0 saturated heterocycles. The molecule has 0 fully saturated rings.